The highest BCUT2D eigenvalue weighted by molar-refractivity contribution is 5.89. The first-order valence-corrected chi connectivity index (χ1v) is 6.03. The van der Waals surface area contributed by atoms with Crippen molar-refractivity contribution in [3.8, 4) is 0 Å². The van der Waals surface area contributed by atoms with E-state index in [1.165, 1.54) is 0 Å². The van der Waals surface area contributed by atoms with Gasteiger partial charge in [-0.25, -0.2) is 4.79 Å². The van der Waals surface area contributed by atoms with Crippen LogP contribution in [0.2, 0.25) is 0 Å². The largest absolute Gasteiger partial charge is 0.499 e. The molecule has 1 fully saturated rings. The van der Waals surface area contributed by atoms with Crippen LogP contribution in [0, 0.1) is 0 Å². The van der Waals surface area contributed by atoms with Crippen LogP contribution in [-0.2, 0) is 23.7 Å². The first-order valence-electron chi connectivity index (χ1n) is 6.03. The fourth-order valence-corrected chi connectivity index (χ4v) is 1.93. The summed E-state index contributed by atoms with van der Waals surface area (Å²) in [6.07, 6.45) is -0.420. The molecule has 0 aromatic heterocycles. The second-order valence-electron chi connectivity index (χ2n) is 4.75. The molecule has 1 N–H and O–H groups in total. The second-order valence-corrected chi connectivity index (χ2v) is 4.75. The van der Waals surface area contributed by atoms with Crippen molar-refractivity contribution in [1.29, 1.82) is 0 Å². The molecule has 102 valence electrons. The quantitative estimate of drug-likeness (QED) is 0.765. The highest BCUT2D eigenvalue weighted by Crippen LogP contribution is 2.32. The molecule has 0 radical (unpaired) electrons. The Labute approximate surface area is 105 Å². The van der Waals surface area contributed by atoms with E-state index in [0.29, 0.717) is 6.61 Å². The summed E-state index contributed by atoms with van der Waals surface area (Å²) in [6, 6.07) is 0. The molecule has 6 nitrogen and oxygen atoms in total. The zero-order valence-electron chi connectivity index (χ0n) is 10.8. The SMILES string of the molecule is CCCOC1=C(O)C(=O)O[C@@H]1[C@@H]1COC(C)(C)O1. The van der Waals surface area contributed by atoms with Gasteiger partial charge in [0.1, 0.15) is 6.10 Å². The standard InChI is InChI=1S/C12H18O6/c1-4-5-15-10-8(13)11(14)17-9(10)7-6-16-12(2,3)18-7/h7,9,13H,4-6H2,1-3H3/t7-,9+/m0/s1. The highest BCUT2D eigenvalue weighted by atomic mass is 16.8. The molecular formula is C12H18O6. The molecule has 2 rings (SSSR count). The number of hydrogen-bond acceptors (Lipinski definition) is 6. The van der Waals surface area contributed by atoms with Crippen molar-refractivity contribution in [3.05, 3.63) is 11.5 Å². The predicted molar refractivity (Wildman–Crippen MR) is 60.7 cm³/mol. The summed E-state index contributed by atoms with van der Waals surface area (Å²) >= 11 is 0. The van der Waals surface area contributed by atoms with E-state index >= 15 is 0 Å². The number of aliphatic hydroxyl groups is 1. The zero-order chi connectivity index (χ0) is 13.3. The van der Waals surface area contributed by atoms with Crippen LogP contribution in [0.5, 0.6) is 0 Å². The Kier molecular flexibility index (Phi) is 3.49. The first kappa shape index (κ1) is 13.2. The Hall–Kier alpha value is -1.27. The Bertz CT molecular complexity index is 373. The highest BCUT2D eigenvalue weighted by Gasteiger charge is 2.47. The van der Waals surface area contributed by atoms with Crippen LogP contribution in [-0.4, -0.2) is 42.3 Å². The van der Waals surface area contributed by atoms with E-state index in [4.69, 9.17) is 18.9 Å². The second kappa shape index (κ2) is 4.78. The van der Waals surface area contributed by atoms with Crippen molar-refractivity contribution in [2.24, 2.45) is 0 Å². The summed E-state index contributed by atoms with van der Waals surface area (Å²) < 4.78 is 21.5. The Balaban J connectivity index is 2.11. The van der Waals surface area contributed by atoms with Gasteiger partial charge in [0.05, 0.1) is 13.2 Å². The molecule has 0 spiro atoms. The number of ether oxygens (including phenoxy) is 4. The number of aliphatic hydroxyl groups excluding tert-OH is 1. The van der Waals surface area contributed by atoms with Crippen molar-refractivity contribution in [3.63, 3.8) is 0 Å². The van der Waals surface area contributed by atoms with E-state index in [2.05, 4.69) is 0 Å². The number of cyclic esters (lactones) is 1. The fraction of sp³-hybridized carbons (Fsp3) is 0.750. The molecule has 2 aliphatic heterocycles. The number of carbonyl (C=O) groups is 1. The van der Waals surface area contributed by atoms with E-state index in [1.54, 1.807) is 13.8 Å². The summed E-state index contributed by atoms with van der Waals surface area (Å²) in [7, 11) is 0. The van der Waals surface area contributed by atoms with Crippen molar-refractivity contribution in [2.45, 2.75) is 45.2 Å². The van der Waals surface area contributed by atoms with E-state index in [-0.39, 0.29) is 12.4 Å². The summed E-state index contributed by atoms with van der Waals surface area (Å²) in [5.41, 5.74) is 0. The van der Waals surface area contributed by atoms with E-state index < -0.39 is 29.7 Å². The number of hydrogen-bond donors (Lipinski definition) is 1. The van der Waals surface area contributed by atoms with Crippen molar-refractivity contribution in [1.82, 2.24) is 0 Å². The van der Waals surface area contributed by atoms with Gasteiger partial charge in [-0.15, -0.1) is 0 Å². The molecule has 0 unspecified atom stereocenters. The molecule has 0 saturated carbocycles. The molecule has 0 aliphatic carbocycles. The first-order chi connectivity index (χ1) is 8.44. The van der Waals surface area contributed by atoms with Crippen LogP contribution in [0.15, 0.2) is 11.5 Å². The van der Waals surface area contributed by atoms with E-state index in [1.807, 2.05) is 6.92 Å². The monoisotopic (exact) mass is 258 g/mol. The summed E-state index contributed by atoms with van der Waals surface area (Å²) in [4.78, 5) is 11.4. The minimum Gasteiger partial charge on any atom is -0.499 e. The minimum absolute atomic E-state index is 0.146. The lowest BCUT2D eigenvalue weighted by atomic mass is 10.2. The number of esters is 1. The summed E-state index contributed by atoms with van der Waals surface area (Å²) in [6.45, 7) is 6.18. The van der Waals surface area contributed by atoms with Crippen molar-refractivity contribution in [2.75, 3.05) is 13.2 Å². The Morgan fingerprint density at radius 2 is 2.22 bits per heavy atom. The van der Waals surface area contributed by atoms with Gasteiger partial charge >= 0.3 is 5.97 Å². The molecule has 2 aliphatic rings. The maximum atomic E-state index is 11.4. The summed E-state index contributed by atoms with van der Waals surface area (Å²) in [5.74, 6) is -1.82. The molecule has 0 aromatic rings. The smallest absolute Gasteiger partial charge is 0.378 e. The van der Waals surface area contributed by atoms with Crippen LogP contribution in [0.25, 0.3) is 0 Å². The third-order valence-electron chi connectivity index (χ3n) is 2.75. The average Bonchev–Trinajstić information content (AvgIpc) is 2.79. The molecule has 2 atom stereocenters. The fourth-order valence-electron chi connectivity index (χ4n) is 1.93. The van der Waals surface area contributed by atoms with E-state index in [0.717, 1.165) is 6.42 Å². The molecule has 6 heteroatoms. The molecule has 0 bridgehead atoms. The maximum absolute atomic E-state index is 11.4. The van der Waals surface area contributed by atoms with Crippen LogP contribution in [0.1, 0.15) is 27.2 Å². The Morgan fingerprint density at radius 3 is 2.78 bits per heavy atom. The lowest BCUT2D eigenvalue weighted by molar-refractivity contribution is -0.163. The predicted octanol–water partition coefficient (Wildman–Crippen LogP) is 1.26. The van der Waals surface area contributed by atoms with E-state index in [9.17, 15) is 9.90 Å². The van der Waals surface area contributed by atoms with Gasteiger partial charge in [-0.05, 0) is 20.3 Å². The van der Waals surface area contributed by atoms with Gasteiger partial charge < -0.3 is 24.1 Å². The van der Waals surface area contributed by atoms with Crippen molar-refractivity contribution < 1.29 is 28.8 Å². The molecule has 0 amide bonds. The van der Waals surface area contributed by atoms with Crippen LogP contribution in [0.3, 0.4) is 0 Å². The van der Waals surface area contributed by atoms with Gasteiger partial charge in [0.15, 0.2) is 17.7 Å². The number of carbonyl (C=O) groups excluding carboxylic acids is 1. The topological polar surface area (TPSA) is 74.2 Å². The van der Waals surface area contributed by atoms with Gasteiger partial charge in [-0.2, -0.15) is 0 Å². The van der Waals surface area contributed by atoms with Gasteiger partial charge in [-0.3, -0.25) is 0 Å². The third kappa shape index (κ3) is 2.44. The third-order valence-corrected chi connectivity index (χ3v) is 2.75. The van der Waals surface area contributed by atoms with Crippen LogP contribution < -0.4 is 0 Å². The van der Waals surface area contributed by atoms with Gasteiger partial charge in [0.25, 0.3) is 0 Å². The van der Waals surface area contributed by atoms with Gasteiger partial charge in [0, 0.05) is 0 Å². The Morgan fingerprint density at radius 1 is 1.50 bits per heavy atom. The lowest BCUT2D eigenvalue weighted by Crippen LogP contribution is -2.33. The molecule has 0 aromatic carbocycles. The van der Waals surface area contributed by atoms with Crippen molar-refractivity contribution >= 4 is 5.97 Å². The molecule has 18 heavy (non-hydrogen) atoms. The molecule has 2 heterocycles. The zero-order valence-corrected chi connectivity index (χ0v) is 10.8. The lowest BCUT2D eigenvalue weighted by Gasteiger charge is -2.21. The molecule has 1 saturated heterocycles. The normalized spacial score (nSPS) is 30.7. The number of rotatable bonds is 4. The van der Waals surface area contributed by atoms with Gasteiger partial charge in [-0.1, -0.05) is 6.92 Å². The summed E-state index contributed by atoms with van der Waals surface area (Å²) in [5, 5.41) is 9.63. The molecular weight excluding hydrogens is 240 g/mol. The average molecular weight is 258 g/mol. The van der Waals surface area contributed by atoms with Crippen LogP contribution in [0.4, 0.5) is 0 Å². The van der Waals surface area contributed by atoms with Crippen LogP contribution >= 0.6 is 0 Å². The van der Waals surface area contributed by atoms with Gasteiger partial charge in [0.2, 0.25) is 5.76 Å². The maximum Gasteiger partial charge on any atom is 0.378 e. The minimum atomic E-state index is -0.778.